The first-order valence-corrected chi connectivity index (χ1v) is 7.19. The number of hydrogen-bond donors (Lipinski definition) is 1. The maximum Gasteiger partial charge on any atom is 0.303 e. The average molecular weight is 266 g/mol. The molecule has 0 radical (unpaired) electrons. The summed E-state index contributed by atoms with van der Waals surface area (Å²) in [6, 6.07) is 2.34. The average Bonchev–Trinajstić information content (AvgIpc) is 2.36. The molecule has 1 N–H and O–H groups in total. The van der Waals surface area contributed by atoms with Gasteiger partial charge in [0.05, 0.1) is 11.5 Å². The molecule has 0 aromatic rings. The number of nitrogens with zero attached hydrogens (tertiary/aromatic N) is 2. The fraction of sp³-hybridized carbons (Fsp3) is 0.867. The summed E-state index contributed by atoms with van der Waals surface area (Å²) in [4.78, 5) is 13.2. The van der Waals surface area contributed by atoms with Gasteiger partial charge in [-0.3, -0.25) is 4.79 Å². The molecule has 1 aliphatic rings. The van der Waals surface area contributed by atoms with Crippen LogP contribution in [0.4, 0.5) is 0 Å². The molecule has 1 heterocycles. The van der Waals surface area contributed by atoms with E-state index < -0.39 is 5.97 Å². The molecular weight excluding hydrogens is 240 g/mol. The van der Waals surface area contributed by atoms with Gasteiger partial charge >= 0.3 is 5.97 Å². The quantitative estimate of drug-likeness (QED) is 0.803. The van der Waals surface area contributed by atoms with E-state index in [1.54, 1.807) is 0 Å². The summed E-state index contributed by atoms with van der Waals surface area (Å²) in [6.45, 7) is 9.00. The van der Waals surface area contributed by atoms with Gasteiger partial charge in [0.2, 0.25) is 0 Å². The van der Waals surface area contributed by atoms with E-state index >= 15 is 0 Å². The molecule has 0 saturated carbocycles. The van der Waals surface area contributed by atoms with Crippen molar-refractivity contribution in [3.05, 3.63) is 0 Å². The lowest BCUT2D eigenvalue weighted by Gasteiger charge is -2.36. The van der Waals surface area contributed by atoms with Gasteiger partial charge in [0.1, 0.15) is 0 Å². The summed E-state index contributed by atoms with van der Waals surface area (Å²) in [5.41, 5.74) is -0.264. The molecular formula is C15H26N2O2. The van der Waals surface area contributed by atoms with Gasteiger partial charge in [0, 0.05) is 13.0 Å². The SMILES string of the molecule is CC(CC(=O)O)C1CCCN(CCC(C)(C)C#N)C1. The number of aliphatic carboxylic acids is 1. The maximum absolute atomic E-state index is 10.8. The number of carbonyl (C=O) groups is 1. The molecule has 4 heteroatoms. The van der Waals surface area contributed by atoms with Gasteiger partial charge in [-0.2, -0.15) is 5.26 Å². The molecule has 2 unspecified atom stereocenters. The van der Waals surface area contributed by atoms with Gasteiger partial charge in [-0.25, -0.2) is 0 Å². The van der Waals surface area contributed by atoms with Crippen LogP contribution in [0.15, 0.2) is 0 Å². The van der Waals surface area contributed by atoms with Gasteiger partial charge in [-0.1, -0.05) is 6.92 Å². The third-order valence-corrected chi connectivity index (χ3v) is 4.20. The molecule has 19 heavy (non-hydrogen) atoms. The van der Waals surface area contributed by atoms with Crippen molar-refractivity contribution in [2.45, 2.75) is 46.5 Å². The third kappa shape index (κ3) is 5.61. The second-order valence-corrected chi connectivity index (χ2v) is 6.52. The Hall–Kier alpha value is -1.08. The molecule has 0 aliphatic carbocycles. The van der Waals surface area contributed by atoms with Gasteiger partial charge in [-0.15, -0.1) is 0 Å². The van der Waals surface area contributed by atoms with Crippen LogP contribution in [0.25, 0.3) is 0 Å². The first-order chi connectivity index (χ1) is 8.84. The van der Waals surface area contributed by atoms with Gasteiger partial charge in [-0.05, 0) is 58.0 Å². The lowest BCUT2D eigenvalue weighted by Crippen LogP contribution is -2.39. The number of rotatable bonds is 6. The highest BCUT2D eigenvalue weighted by Gasteiger charge is 2.27. The van der Waals surface area contributed by atoms with Crippen LogP contribution in [-0.2, 0) is 4.79 Å². The number of carboxylic acid groups (broad SMARTS) is 1. The zero-order valence-electron chi connectivity index (χ0n) is 12.4. The van der Waals surface area contributed by atoms with E-state index in [1.165, 1.54) is 0 Å². The summed E-state index contributed by atoms with van der Waals surface area (Å²) >= 11 is 0. The van der Waals surface area contributed by atoms with Crippen molar-refractivity contribution in [2.75, 3.05) is 19.6 Å². The number of likely N-dealkylation sites (tertiary alicyclic amines) is 1. The first kappa shape index (κ1) is 16.0. The van der Waals surface area contributed by atoms with Crippen molar-refractivity contribution in [2.24, 2.45) is 17.3 Å². The number of piperidine rings is 1. The standard InChI is InChI=1S/C15H26N2O2/c1-12(9-14(18)19)13-5-4-7-17(10-13)8-6-15(2,3)11-16/h12-13H,4-10H2,1-3H3,(H,18,19). The topological polar surface area (TPSA) is 64.3 Å². The van der Waals surface area contributed by atoms with Crippen LogP contribution in [-0.4, -0.2) is 35.6 Å². The van der Waals surface area contributed by atoms with Gasteiger partial charge in [0.15, 0.2) is 0 Å². The van der Waals surface area contributed by atoms with Crippen LogP contribution in [0.2, 0.25) is 0 Å². The highest BCUT2D eigenvalue weighted by molar-refractivity contribution is 5.67. The second-order valence-electron chi connectivity index (χ2n) is 6.52. The highest BCUT2D eigenvalue weighted by atomic mass is 16.4. The molecule has 2 atom stereocenters. The summed E-state index contributed by atoms with van der Waals surface area (Å²) < 4.78 is 0. The molecule has 1 rings (SSSR count). The molecule has 1 saturated heterocycles. The Morgan fingerprint density at radius 1 is 1.58 bits per heavy atom. The number of carboxylic acids is 1. The molecule has 0 aromatic heterocycles. The van der Waals surface area contributed by atoms with Crippen LogP contribution in [0.1, 0.15) is 46.5 Å². The molecule has 1 fully saturated rings. The first-order valence-electron chi connectivity index (χ1n) is 7.19. The van der Waals surface area contributed by atoms with Crippen LogP contribution in [0.3, 0.4) is 0 Å². The van der Waals surface area contributed by atoms with Crippen molar-refractivity contribution in [1.29, 1.82) is 5.26 Å². The lowest BCUT2D eigenvalue weighted by molar-refractivity contribution is -0.138. The Balaban J connectivity index is 2.42. The normalized spacial score (nSPS) is 22.7. The van der Waals surface area contributed by atoms with Crippen LogP contribution in [0.5, 0.6) is 0 Å². The highest BCUT2D eigenvalue weighted by Crippen LogP contribution is 2.27. The fourth-order valence-corrected chi connectivity index (χ4v) is 2.69. The van der Waals surface area contributed by atoms with E-state index in [2.05, 4.69) is 11.0 Å². The van der Waals surface area contributed by atoms with Crippen molar-refractivity contribution >= 4 is 5.97 Å². The predicted octanol–water partition coefficient (Wildman–Crippen LogP) is 2.75. The Bertz CT molecular complexity index is 347. The summed E-state index contributed by atoms with van der Waals surface area (Å²) in [5, 5.41) is 17.9. The van der Waals surface area contributed by atoms with Gasteiger partial charge < -0.3 is 10.0 Å². The minimum atomic E-state index is -0.699. The van der Waals surface area contributed by atoms with Crippen molar-refractivity contribution in [3.8, 4) is 6.07 Å². The number of nitriles is 1. The van der Waals surface area contributed by atoms with Crippen molar-refractivity contribution in [3.63, 3.8) is 0 Å². The molecule has 1 aliphatic heterocycles. The monoisotopic (exact) mass is 266 g/mol. The number of hydrogen-bond acceptors (Lipinski definition) is 3. The molecule has 108 valence electrons. The van der Waals surface area contributed by atoms with Crippen LogP contribution < -0.4 is 0 Å². The molecule has 0 amide bonds. The largest absolute Gasteiger partial charge is 0.481 e. The van der Waals surface area contributed by atoms with Crippen molar-refractivity contribution in [1.82, 2.24) is 4.90 Å². The van der Waals surface area contributed by atoms with Crippen molar-refractivity contribution < 1.29 is 9.90 Å². The summed E-state index contributed by atoms with van der Waals surface area (Å²) in [7, 11) is 0. The van der Waals surface area contributed by atoms with Gasteiger partial charge in [0.25, 0.3) is 0 Å². The van der Waals surface area contributed by atoms with E-state index in [9.17, 15) is 4.79 Å². The third-order valence-electron chi connectivity index (χ3n) is 4.20. The van der Waals surface area contributed by atoms with Crippen LogP contribution >= 0.6 is 0 Å². The minimum absolute atomic E-state index is 0.240. The second kappa shape index (κ2) is 6.91. The minimum Gasteiger partial charge on any atom is -0.481 e. The Kier molecular flexibility index (Phi) is 5.81. The smallest absolute Gasteiger partial charge is 0.303 e. The van der Waals surface area contributed by atoms with Crippen LogP contribution in [0, 0.1) is 28.6 Å². The summed E-state index contributed by atoms with van der Waals surface area (Å²) in [6.07, 6.45) is 3.42. The fourth-order valence-electron chi connectivity index (χ4n) is 2.69. The van der Waals surface area contributed by atoms with E-state index in [4.69, 9.17) is 10.4 Å². The Labute approximate surface area is 116 Å². The molecule has 0 aromatic carbocycles. The van der Waals surface area contributed by atoms with E-state index in [0.29, 0.717) is 5.92 Å². The van der Waals surface area contributed by atoms with E-state index in [0.717, 1.165) is 38.9 Å². The lowest BCUT2D eigenvalue weighted by atomic mass is 9.84. The molecule has 4 nitrogen and oxygen atoms in total. The summed E-state index contributed by atoms with van der Waals surface area (Å²) in [5.74, 6) is 0.0227. The zero-order chi connectivity index (χ0) is 14.5. The Morgan fingerprint density at radius 2 is 2.26 bits per heavy atom. The Morgan fingerprint density at radius 3 is 2.84 bits per heavy atom. The maximum atomic E-state index is 10.8. The molecule has 0 spiro atoms. The predicted molar refractivity (Wildman–Crippen MR) is 74.6 cm³/mol. The van der Waals surface area contributed by atoms with E-state index in [-0.39, 0.29) is 17.8 Å². The van der Waals surface area contributed by atoms with E-state index in [1.807, 2.05) is 20.8 Å². The molecule has 0 bridgehead atoms. The zero-order valence-corrected chi connectivity index (χ0v) is 12.4.